The van der Waals surface area contributed by atoms with Gasteiger partial charge in [0.05, 0.1) is 11.5 Å². The molecule has 2 aromatic rings. The molecule has 23 heavy (non-hydrogen) atoms. The average molecular weight is 336 g/mol. The maximum atomic E-state index is 12.5. The Labute approximate surface area is 135 Å². The molecule has 0 fully saturated rings. The summed E-state index contributed by atoms with van der Waals surface area (Å²) in [5.74, 6) is 2.39. The number of aryl methyl sites for hydroxylation is 2. The van der Waals surface area contributed by atoms with Crippen LogP contribution in [0.5, 0.6) is 5.75 Å². The molecule has 1 aromatic carbocycles. The molecule has 0 saturated carbocycles. The van der Waals surface area contributed by atoms with Crippen LogP contribution in [0.1, 0.15) is 25.0 Å². The van der Waals surface area contributed by atoms with Gasteiger partial charge in [-0.15, -0.1) is 10.2 Å². The highest BCUT2D eigenvalue weighted by Gasteiger charge is 2.26. The van der Waals surface area contributed by atoms with Crippen molar-refractivity contribution in [3.63, 3.8) is 0 Å². The Morgan fingerprint density at radius 1 is 1.30 bits per heavy atom. The molecular weight excluding hydrogens is 316 g/mol. The van der Waals surface area contributed by atoms with Crippen molar-refractivity contribution in [3.8, 4) is 5.75 Å². The molecule has 0 radical (unpaired) electrons. The number of nitrogens with one attached hydrogen (secondary N) is 1. The van der Waals surface area contributed by atoms with E-state index < -0.39 is 10.0 Å². The number of benzene rings is 1. The second-order valence-corrected chi connectivity index (χ2v) is 7.25. The summed E-state index contributed by atoms with van der Waals surface area (Å²) in [6.07, 6.45) is 1.44. The minimum Gasteiger partial charge on any atom is -0.494 e. The molecule has 7 nitrogen and oxygen atoms in total. The predicted octanol–water partition coefficient (Wildman–Crippen LogP) is 1.28. The number of ether oxygens (including phenoxy) is 1. The molecule has 1 N–H and O–H groups in total. The summed E-state index contributed by atoms with van der Waals surface area (Å²) < 4.78 is 35.1. The normalized spacial score (nSPS) is 17.7. The van der Waals surface area contributed by atoms with E-state index in [4.69, 9.17) is 4.74 Å². The lowest BCUT2D eigenvalue weighted by molar-refractivity contribution is 0.340. The third-order valence-electron chi connectivity index (χ3n) is 3.90. The Morgan fingerprint density at radius 2 is 2.04 bits per heavy atom. The summed E-state index contributed by atoms with van der Waals surface area (Å²) in [7, 11) is -3.55. The number of sulfonamides is 1. The summed E-state index contributed by atoms with van der Waals surface area (Å²) in [5, 5.41) is 8.13. The van der Waals surface area contributed by atoms with Crippen LogP contribution in [0.2, 0.25) is 0 Å². The lowest BCUT2D eigenvalue weighted by Gasteiger charge is -2.24. The second kappa shape index (κ2) is 6.29. The standard InChI is InChI=1S/C15H20N4O3S/c1-3-22-13-5-7-14(8-6-13)23(20,21)18-12-4-9-15-17-16-11(2)19(15)10-12/h5-8,12,18H,3-4,9-10H2,1-2H3/t12-/m1/s1. The highest BCUT2D eigenvalue weighted by molar-refractivity contribution is 7.89. The van der Waals surface area contributed by atoms with Gasteiger partial charge in [-0.05, 0) is 44.5 Å². The molecule has 0 aliphatic carbocycles. The van der Waals surface area contributed by atoms with Crippen molar-refractivity contribution in [2.75, 3.05) is 6.61 Å². The van der Waals surface area contributed by atoms with E-state index in [0.717, 1.165) is 18.1 Å². The maximum Gasteiger partial charge on any atom is 0.240 e. The Morgan fingerprint density at radius 3 is 2.74 bits per heavy atom. The third kappa shape index (κ3) is 3.37. The van der Waals surface area contributed by atoms with Gasteiger partial charge in [0.2, 0.25) is 10.0 Å². The van der Waals surface area contributed by atoms with Crippen LogP contribution in [0.15, 0.2) is 29.2 Å². The van der Waals surface area contributed by atoms with E-state index in [0.29, 0.717) is 25.3 Å². The second-order valence-electron chi connectivity index (χ2n) is 5.54. The van der Waals surface area contributed by atoms with Crippen molar-refractivity contribution < 1.29 is 13.2 Å². The molecule has 1 aromatic heterocycles. The van der Waals surface area contributed by atoms with E-state index in [9.17, 15) is 8.42 Å². The van der Waals surface area contributed by atoms with E-state index >= 15 is 0 Å². The first kappa shape index (κ1) is 15.9. The summed E-state index contributed by atoms with van der Waals surface area (Å²) >= 11 is 0. The minimum atomic E-state index is -3.55. The highest BCUT2D eigenvalue weighted by Crippen LogP contribution is 2.19. The Bertz CT molecular complexity index is 784. The zero-order valence-electron chi connectivity index (χ0n) is 13.2. The zero-order valence-corrected chi connectivity index (χ0v) is 14.0. The topological polar surface area (TPSA) is 86.1 Å². The number of rotatable bonds is 5. The number of nitrogens with zero attached hydrogens (tertiary/aromatic N) is 3. The fraction of sp³-hybridized carbons (Fsp3) is 0.467. The molecular formula is C15H20N4O3S. The van der Waals surface area contributed by atoms with E-state index in [1.165, 1.54) is 0 Å². The van der Waals surface area contributed by atoms with Crippen LogP contribution in [0.25, 0.3) is 0 Å². The van der Waals surface area contributed by atoms with Gasteiger partial charge in [0, 0.05) is 19.0 Å². The molecule has 124 valence electrons. The van der Waals surface area contributed by atoms with Crippen molar-refractivity contribution in [1.29, 1.82) is 0 Å². The molecule has 1 atom stereocenters. The number of hydrogen-bond acceptors (Lipinski definition) is 5. The van der Waals surface area contributed by atoms with Crippen molar-refractivity contribution in [2.24, 2.45) is 0 Å². The summed E-state index contributed by atoms with van der Waals surface area (Å²) in [6.45, 7) is 4.87. The van der Waals surface area contributed by atoms with E-state index in [1.54, 1.807) is 24.3 Å². The van der Waals surface area contributed by atoms with Gasteiger partial charge in [-0.3, -0.25) is 0 Å². The molecule has 0 spiro atoms. The fourth-order valence-corrected chi connectivity index (χ4v) is 3.99. The number of hydrogen-bond donors (Lipinski definition) is 1. The van der Waals surface area contributed by atoms with E-state index in [-0.39, 0.29) is 10.9 Å². The Balaban J connectivity index is 1.73. The van der Waals surface area contributed by atoms with Gasteiger partial charge in [-0.2, -0.15) is 0 Å². The van der Waals surface area contributed by atoms with Crippen molar-refractivity contribution in [2.45, 2.75) is 44.2 Å². The van der Waals surface area contributed by atoms with Crippen LogP contribution in [0.3, 0.4) is 0 Å². The Hall–Kier alpha value is -1.93. The zero-order chi connectivity index (χ0) is 16.4. The number of fused-ring (bicyclic) bond motifs is 1. The minimum absolute atomic E-state index is 0.159. The molecule has 8 heteroatoms. The van der Waals surface area contributed by atoms with Crippen molar-refractivity contribution >= 4 is 10.0 Å². The van der Waals surface area contributed by atoms with Crippen LogP contribution in [0.4, 0.5) is 0 Å². The number of aromatic nitrogens is 3. The molecule has 0 unspecified atom stereocenters. The molecule has 1 aliphatic heterocycles. The van der Waals surface area contributed by atoms with Crippen LogP contribution in [-0.4, -0.2) is 35.8 Å². The summed E-state index contributed by atoms with van der Waals surface area (Å²) in [4.78, 5) is 0.243. The van der Waals surface area contributed by atoms with Crippen molar-refractivity contribution in [3.05, 3.63) is 35.9 Å². The predicted molar refractivity (Wildman–Crippen MR) is 84.8 cm³/mol. The van der Waals surface area contributed by atoms with Crippen LogP contribution in [0, 0.1) is 6.92 Å². The van der Waals surface area contributed by atoms with Gasteiger partial charge < -0.3 is 9.30 Å². The molecule has 0 saturated heterocycles. The molecule has 2 heterocycles. The van der Waals surface area contributed by atoms with Gasteiger partial charge in [0.25, 0.3) is 0 Å². The SMILES string of the molecule is CCOc1ccc(S(=O)(=O)N[C@@H]2CCc3nnc(C)n3C2)cc1. The van der Waals surface area contributed by atoms with E-state index in [1.807, 2.05) is 18.4 Å². The summed E-state index contributed by atoms with van der Waals surface area (Å²) in [6, 6.07) is 6.30. The molecule has 0 amide bonds. The van der Waals surface area contributed by atoms with Crippen LogP contribution in [-0.2, 0) is 23.0 Å². The fourth-order valence-electron chi connectivity index (χ4n) is 2.73. The van der Waals surface area contributed by atoms with Crippen LogP contribution < -0.4 is 9.46 Å². The van der Waals surface area contributed by atoms with Crippen molar-refractivity contribution in [1.82, 2.24) is 19.5 Å². The first-order valence-corrected chi connectivity index (χ1v) is 9.12. The summed E-state index contributed by atoms with van der Waals surface area (Å²) in [5.41, 5.74) is 0. The monoisotopic (exact) mass is 336 g/mol. The average Bonchev–Trinajstić information content (AvgIpc) is 2.89. The molecule has 1 aliphatic rings. The third-order valence-corrected chi connectivity index (χ3v) is 5.43. The smallest absolute Gasteiger partial charge is 0.240 e. The van der Waals surface area contributed by atoms with Gasteiger partial charge >= 0.3 is 0 Å². The lowest BCUT2D eigenvalue weighted by Crippen LogP contribution is -2.41. The van der Waals surface area contributed by atoms with Crippen LogP contribution >= 0.6 is 0 Å². The maximum absolute atomic E-state index is 12.5. The van der Waals surface area contributed by atoms with Gasteiger partial charge in [-0.1, -0.05) is 0 Å². The molecule has 0 bridgehead atoms. The van der Waals surface area contributed by atoms with Gasteiger partial charge in [0.15, 0.2) is 0 Å². The highest BCUT2D eigenvalue weighted by atomic mass is 32.2. The quantitative estimate of drug-likeness (QED) is 0.889. The van der Waals surface area contributed by atoms with Gasteiger partial charge in [0.1, 0.15) is 17.4 Å². The molecule has 3 rings (SSSR count). The van der Waals surface area contributed by atoms with E-state index in [2.05, 4.69) is 14.9 Å². The first-order chi connectivity index (χ1) is 11.0. The van der Waals surface area contributed by atoms with Gasteiger partial charge in [-0.25, -0.2) is 13.1 Å². The largest absolute Gasteiger partial charge is 0.494 e. The first-order valence-electron chi connectivity index (χ1n) is 7.63. The lowest BCUT2D eigenvalue weighted by atomic mass is 10.1. The Kier molecular flexibility index (Phi) is 4.36.